The Bertz CT molecular complexity index is 440. The SMILES string of the molecule is COCC(C)N=C(NN)Nc1cc(Br)cc(OC)c1. The quantitative estimate of drug-likeness (QED) is 0.331. The summed E-state index contributed by atoms with van der Waals surface area (Å²) in [5.41, 5.74) is 3.34. The van der Waals surface area contributed by atoms with Crippen LogP contribution in [0.3, 0.4) is 0 Å². The van der Waals surface area contributed by atoms with Crippen LogP contribution in [0.1, 0.15) is 6.92 Å². The smallest absolute Gasteiger partial charge is 0.210 e. The summed E-state index contributed by atoms with van der Waals surface area (Å²) in [6.07, 6.45) is 0. The van der Waals surface area contributed by atoms with E-state index >= 15 is 0 Å². The molecule has 4 N–H and O–H groups in total. The number of ether oxygens (including phenoxy) is 2. The molecule has 0 aliphatic heterocycles. The van der Waals surface area contributed by atoms with Gasteiger partial charge in [-0.1, -0.05) is 15.9 Å². The number of nitrogens with two attached hydrogens (primary N) is 1. The number of hydrogen-bond acceptors (Lipinski definition) is 4. The first kappa shape index (κ1) is 15.7. The van der Waals surface area contributed by atoms with Gasteiger partial charge in [-0.3, -0.25) is 5.43 Å². The van der Waals surface area contributed by atoms with Crippen molar-refractivity contribution in [2.24, 2.45) is 10.8 Å². The molecule has 106 valence electrons. The first-order valence-electron chi connectivity index (χ1n) is 5.74. The molecule has 0 aliphatic rings. The zero-order valence-electron chi connectivity index (χ0n) is 11.2. The summed E-state index contributed by atoms with van der Waals surface area (Å²) in [5, 5.41) is 3.08. The van der Waals surface area contributed by atoms with Crippen LogP contribution in [-0.2, 0) is 4.74 Å². The van der Waals surface area contributed by atoms with Gasteiger partial charge in [-0.25, -0.2) is 10.8 Å². The van der Waals surface area contributed by atoms with Gasteiger partial charge in [0.25, 0.3) is 0 Å². The van der Waals surface area contributed by atoms with Crippen molar-refractivity contribution in [2.45, 2.75) is 13.0 Å². The zero-order valence-corrected chi connectivity index (χ0v) is 12.8. The lowest BCUT2D eigenvalue weighted by Crippen LogP contribution is -2.37. The average molecular weight is 331 g/mol. The van der Waals surface area contributed by atoms with E-state index in [1.54, 1.807) is 14.2 Å². The lowest BCUT2D eigenvalue weighted by Gasteiger charge is -2.13. The lowest BCUT2D eigenvalue weighted by atomic mass is 10.3. The number of hydrazine groups is 1. The predicted molar refractivity (Wildman–Crippen MR) is 80.4 cm³/mol. The van der Waals surface area contributed by atoms with Crippen molar-refractivity contribution in [3.63, 3.8) is 0 Å². The molecule has 0 amide bonds. The molecule has 0 saturated heterocycles. The van der Waals surface area contributed by atoms with E-state index in [9.17, 15) is 0 Å². The third-order valence-electron chi connectivity index (χ3n) is 2.26. The van der Waals surface area contributed by atoms with E-state index in [2.05, 4.69) is 31.7 Å². The van der Waals surface area contributed by atoms with E-state index in [1.165, 1.54) is 0 Å². The van der Waals surface area contributed by atoms with E-state index in [1.807, 2.05) is 25.1 Å². The van der Waals surface area contributed by atoms with Crippen molar-refractivity contribution in [2.75, 3.05) is 26.1 Å². The van der Waals surface area contributed by atoms with Crippen molar-refractivity contribution in [1.82, 2.24) is 5.43 Å². The first-order valence-corrected chi connectivity index (χ1v) is 6.53. The van der Waals surface area contributed by atoms with Gasteiger partial charge >= 0.3 is 0 Å². The number of hydrogen-bond donors (Lipinski definition) is 3. The van der Waals surface area contributed by atoms with Gasteiger partial charge < -0.3 is 14.8 Å². The lowest BCUT2D eigenvalue weighted by molar-refractivity contribution is 0.185. The van der Waals surface area contributed by atoms with Gasteiger partial charge in [-0.2, -0.15) is 0 Å². The van der Waals surface area contributed by atoms with Crippen LogP contribution in [-0.4, -0.2) is 32.8 Å². The molecular formula is C12H19BrN4O2. The van der Waals surface area contributed by atoms with E-state index in [0.717, 1.165) is 15.9 Å². The second kappa shape index (κ2) is 7.98. The number of rotatable bonds is 5. The van der Waals surface area contributed by atoms with Crippen molar-refractivity contribution in [3.05, 3.63) is 22.7 Å². The molecule has 1 aromatic carbocycles. The fourth-order valence-corrected chi connectivity index (χ4v) is 1.97. The van der Waals surface area contributed by atoms with Crippen LogP contribution in [0.15, 0.2) is 27.7 Å². The fourth-order valence-electron chi connectivity index (χ4n) is 1.49. The maximum atomic E-state index is 5.45. The van der Waals surface area contributed by atoms with Gasteiger partial charge in [0.05, 0.1) is 19.8 Å². The van der Waals surface area contributed by atoms with Crippen LogP contribution < -0.4 is 21.3 Å². The molecule has 1 aromatic rings. The molecule has 0 aliphatic carbocycles. The summed E-state index contributed by atoms with van der Waals surface area (Å²) in [7, 11) is 3.25. The summed E-state index contributed by atoms with van der Waals surface area (Å²) < 4.78 is 11.1. The number of anilines is 1. The molecule has 19 heavy (non-hydrogen) atoms. The molecule has 0 spiro atoms. The van der Waals surface area contributed by atoms with Gasteiger partial charge in [0, 0.05) is 23.3 Å². The van der Waals surface area contributed by atoms with Crippen LogP contribution in [0.4, 0.5) is 5.69 Å². The normalized spacial score (nSPS) is 13.0. The Morgan fingerprint density at radius 2 is 2.16 bits per heavy atom. The van der Waals surface area contributed by atoms with E-state index in [-0.39, 0.29) is 6.04 Å². The standard InChI is InChI=1S/C12H19BrN4O2/c1-8(7-18-2)15-12(17-14)16-10-4-9(13)5-11(6-10)19-3/h4-6,8H,7,14H2,1-3H3,(H2,15,16,17). The summed E-state index contributed by atoms with van der Waals surface area (Å²) in [6, 6.07) is 5.61. The van der Waals surface area contributed by atoms with Gasteiger partial charge in [-0.05, 0) is 19.1 Å². The molecule has 7 heteroatoms. The second-order valence-corrected chi connectivity index (χ2v) is 4.85. The molecule has 0 saturated carbocycles. The number of nitrogens with one attached hydrogen (secondary N) is 2. The van der Waals surface area contributed by atoms with Crippen LogP contribution in [0, 0.1) is 0 Å². The average Bonchev–Trinajstić information content (AvgIpc) is 2.37. The Kier molecular flexibility index (Phi) is 6.61. The summed E-state index contributed by atoms with van der Waals surface area (Å²) in [4.78, 5) is 4.35. The maximum absolute atomic E-state index is 5.45. The number of benzene rings is 1. The number of nitrogens with zero attached hydrogens (tertiary/aromatic N) is 1. The Hall–Kier alpha value is -1.31. The molecule has 1 rings (SSSR count). The third kappa shape index (κ3) is 5.46. The second-order valence-electron chi connectivity index (χ2n) is 3.93. The molecule has 1 atom stereocenters. The number of methoxy groups -OCH3 is 2. The number of aliphatic imine (C=N–C) groups is 1. The highest BCUT2D eigenvalue weighted by atomic mass is 79.9. The Morgan fingerprint density at radius 1 is 1.42 bits per heavy atom. The fraction of sp³-hybridized carbons (Fsp3) is 0.417. The largest absolute Gasteiger partial charge is 0.497 e. The molecule has 0 heterocycles. The minimum absolute atomic E-state index is 0.00222. The Morgan fingerprint density at radius 3 is 2.74 bits per heavy atom. The predicted octanol–water partition coefficient (Wildman–Crippen LogP) is 1.72. The summed E-state index contributed by atoms with van der Waals surface area (Å²) in [6.45, 7) is 2.46. The van der Waals surface area contributed by atoms with Gasteiger partial charge in [-0.15, -0.1) is 0 Å². The van der Waals surface area contributed by atoms with Crippen LogP contribution in [0.2, 0.25) is 0 Å². The van der Waals surface area contributed by atoms with Gasteiger partial charge in [0.2, 0.25) is 5.96 Å². The molecular weight excluding hydrogens is 312 g/mol. The molecule has 0 bridgehead atoms. The van der Waals surface area contributed by atoms with Gasteiger partial charge in [0.15, 0.2) is 0 Å². The van der Waals surface area contributed by atoms with E-state index in [0.29, 0.717) is 12.6 Å². The van der Waals surface area contributed by atoms with Crippen molar-refractivity contribution >= 4 is 27.6 Å². The minimum Gasteiger partial charge on any atom is -0.497 e. The van der Waals surface area contributed by atoms with Crippen molar-refractivity contribution in [1.29, 1.82) is 0 Å². The van der Waals surface area contributed by atoms with Gasteiger partial charge in [0.1, 0.15) is 5.75 Å². The van der Waals surface area contributed by atoms with Crippen LogP contribution in [0.5, 0.6) is 5.75 Å². The molecule has 0 fully saturated rings. The topological polar surface area (TPSA) is 80.9 Å². The minimum atomic E-state index is -0.00222. The van der Waals surface area contributed by atoms with Crippen LogP contribution >= 0.6 is 15.9 Å². The third-order valence-corrected chi connectivity index (χ3v) is 2.72. The first-order chi connectivity index (χ1) is 9.08. The Labute approximate surface area is 121 Å². The molecule has 0 aromatic heterocycles. The Balaban J connectivity index is 2.83. The monoisotopic (exact) mass is 330 g/mol. The molecule has 0 radical (unpaired) electrons. The number of halogens is 1. The van der Waals surface area contributed by atoms with Crippen molar-refractivity contribution in [3.8, 4) is 5.75 Å². The molecule has 6 nitrogen and oxygen atoms in total. The van der Waals surface area contributed by atoms with E-state index in [4.69, 9.17) is 15.3 Å². The summed E-state index contributed by atoms with van der Waals surface area (Å²) in [5.74, 6) is 6.64. The molecule has 1 unspecified atom stereocenters. The maximum Gasteiger partial charge on any atom is 0.210 e. The highest BCUT2D eigenvalue weighted by molar-refractivity contribution is 9.10. The number of guanidine groups is 1. The van der Waals surface area contributed by atoms with Crippen molar-refractivity contribution < 1.29 is 9.47 Å². The highest BCUT2D eigenvalue weighted by Gasteiger charge is 2.05. The summed E-state index contributed by atoms with van der Waals surface area (Å²) >= 11 is 3.41. The van der Waals surface area contributed by atoms with E-state index < -0.39 is 0 Å². The highest BCUT2D eigenvalue weighted by Crippen LogP contribution is 2.24. The zero-order chi connectivity index (χ0) is 14.3. The van der Waals surface area contributed by atoms with Crippen LogP contribution in [0.25, 0.3) is 0 Å².